The number of primary amides is 2. The van der Waals surface area contributed by atoms with Crippen LogP contribution in [0.4, 0.5) is 14.8 Å². The Hall–Kier alpha value is -3.98. The van der Waals surface area contributed by atoms with E-state index >= 15 is 0 Å². The van der Waals surface area contributed by atoms with Crippen molar-refractivity contribution in [3.05, 3.63) is 70.8 Å². The predicted molar refractivity (Wildman–Crippen MR) is 109 cm³/mol. The SMILES string of the molecule is NC(=O)Nc1sc(NC(=O)c2cccc3c2-c2ccccc2C3=O)cc1C(N)=O. The van der Waals surface area contributed by atoms with Gasteiger partial charge in [0.25, 0.3) is 11.8 Å². The van der Waals surface area contributed by atoms with Crippen LogP contribution in [0.2, 0.25) is 0 Å². The van der Waals surface area contributed by atoms with Crippen molar-refractivity contribution in [2.45, 2.75) is 0 Å². The fraction of sp³-hybridized carbons (Fsp3) is 0. The third-order valence-corrected chi connectivity index (χ3v) is 5.43. The lowest BCUT2D eigenvalue weighted by Gasteiger charge is -2.08. The fourth-order valence-electron chi connectivity index (χ4n) is 3.28. The maximum Gasteiger partial charge on any atom is 0.317 e. The quantitative estimate of drug-likeness (QED) is 0.413. The zero-order valence-electron chi connectivity index (χ0n) is 14.8. The molecule has 0 aliphatic heterocycles. The zero-order valence-corrected chi connectivity index (χ0v) is 15.6. The lowest BCUT2D eigenvalue weighted by Crippen LogP contribution is -2.21. The van der Waals surface area contributed by atoms with Crippen molar-refractivity contribution >= 4 is 45.0 Å². The van der Waals surface area contributed by atoms with Crippen molar-refractivity contribution in [3.63, 3.8) is 0 Å². The van der Waals surface area contributed by atoms with Gasteiger partial charge in [-0.2, -0.15) is 0 Å². The predicted octanol–water partition coefficient (Wildman–Crippen LogP) is 2.80. The molecule has 29 heavy (non-hydrogen) atoms. The van der Waals surface area contributed by atoms with Gasteiger partial charge in [-0.1, -0.05) is 47.7 Å². The lowest BCUT2D eigenvalue weighted by molar-refractivity contribution is 0.0996. The summed E-state index contributed by atoms with van der Waals surface area (Å²) in [6.07, 6.45) is 0. The number of nitrogens with one attached hydrogen (secondary N) is 2. The smallest absolute Gasteiger partial charge is 0.317 e. The maximum atomic E-state index is 13.0. The van der Waals surface area contributed by atoms with Gasteiger partial charge in [-0.15, -0.1) is 0 Å². The first-order valence-electron chi connectivity index (χ1n) is 8.45. The average molecular weight is 406 g/mol. The van der Waals surface area contributed by atoms with Crippen molar-refractivity contribution in [1.29, 1.82) is 0 Å². The summed E-state index contributed by atoms with van der Waals surface area (Å²) in [5, 5.41) is 5.43. The third kappa shape index (κ3) is 3.13. The van der Waals surface area contributed by atoms with E-state index in [0.29, 0.717) is 32.8 Å². The molecule has 4 amide bonds. The molecular weight excluding hydrogens is 392 g/mol. The largest absolute Gasteiger partial charge is 0.366 e. The van der Waals surface area contributed by atoms with Crippen LogP contribution in [0.25, 0.3) is 11.1 Å². The van der Waals surface area contributed by atoms with Crippen LogP contribution in [0.1, 0.15) is 36.6 Å². The number of rotatable bonds is 4. The highest BCUT2D eigenvalue weighted by molar-refractivity contribution is 7.20. The minimum atomic E-state index is -0.858. The van der Waals surface area contributed by atoms with Crippen LogP contribution < -0.4 is 22.1 Å². The molecule has 0 bridgehead atoms. The van der Waals surface area contributed by atoms with Gasteiger partial charge in [-0.25, -0.2) is 4.79 Å². The van der Waals surface area contributed by atoms with Gasteiger partial charge in [-0.05, 0) is 17.7 Å². The second-order valence-corrected chi connectivity index (χ2v) is 7.32. The molecule has 0 atom stereocenters. The number of urea groups is 1. The number of benzene rings is 2. The van der Waals surface area contributed by atoms with Crippen molar-refractivity contribution in [3.8, 4) is 11.1 Å². The number of anilines is 2. The summed E-state index contributed by atoms with van der Waals surface area (Å²) in [7, 11) is 0. The maximum absolute atomic E-state index is 13.0. The molecule has 0 fully saturated rings. The molecule has 0 radical (unpaired) electrons. The van der Waals surface area contributed by atoms with E-state index in [1.54, 1.807) is 42.5 Å². The zero-order chi connectivity index (χ0) is 20.7. The van der Waals surface area contributed by atoms with Crippen LogP contribution in [0.3, 0.4) is 0 Å². The lowest BCUT2D eigenvalue weighted by atomic mass is 9.99. The second kappa shape index (κ2) is 6.88. The Labute approximate surface area is 168 Å². The van der Waals surface area contributed by atoms with Gasteiger partial charge in [0.2, 0.25) is 0 Å². The molecule has 1 aromatic heterocycles. The third-order valence-electron chi connectivity index (χ3n) is 4.47. The summed E-state index contributed by atoms with van der Waals surface area (Å²) >= 11 is 0.947. The molecule has 144 valence electrons. The van der Waals surface area contributed by atoms with Gasteiger partial charge >= 0.3 is 6.03 Å². The number of hydrogen-bond donors (Lipinski definition) is 4. The minimum Gasteiger partial charge on any atom is -0.366 e. The van der Waals surface area contributed by atoms with E-state index in [1.807, 2.05) is 0 Å². The van der Waals surface area contributed by atoms with Crippen LogP contribution in [0, 0.1) is 0 Å². The number of carbonyl (C=O) groups is 4. The van der Waals surface area contributed by atoms with Gasteiger partial charge in [0, 0.05) is 22.3 Å². The van der Waals surface area contributed by atoms with Gasteiger partial charge in [0.1, 0.15) is 5.00 Å². The van der Waals surface area contributed by atoms with Crippen molar-refractivity contribution in [1.82, 2.24) is 0 Å². The molecule has 0 unspecified atom stereocenters. The van der Waals surface area contributed by atoms with E-state index in [4.69, 9.17) is 11.5 Å². The normalized spacial score (nSPS) is 11.5. The standard InChI is InChI=1S/C20H14N4O4S/c21-17(26)13-8-14(29-19(13)24-20(22)28)23-18(27)12-7-3-6-11-15(12)9-4-1-2-5-10(9)16(11)25/h1-8H,(H2,21,26)(H,23,27)(H3,22,24,28). The molecule has 8 nitrogen and oxygen atoms in total. The van der Waals surface area contributed by atoms with Crippen molar-refractivity contribution in [2.24, 2.45) is 11.5 Å². The molecule has 0 saturated heterocycles. The Morgan fingerprint density at radius 1 is 0.828 bits per heavy atom. The number of fused-ring (bicyclic) bond motifs is 3. The number of hydrogen-bond acceptors (Lipinski definition) is 5. The summed E-state index contributed by atoms with van der Waals surface area (Å²) < 4.78 is 0. The van der Waals surface area contributed by atoms with Gasteiger partial charge < -0.3 is 16.8 Å². The minimum absolute atomic E-state index is 0.0305. The molecule has 1 heterocycles. The van der Waals surface area contributed by atoms with E-state index in [9.17, 15) is 19.2 Å². The van der Waals surface area contributed by atoms with Gasteiger partial charge in [0.15, 0.2) is 5.78 Å². The average Bonchev–Trinajstić information content (AvgIpc) is 3.21. The van der Waals surface area contributed by atoms with Crippen LogP contribution in [-0.2, 0) is 0 Å². The molecule has 4 rings (SSSR count). The van der Waals surface area contributed by atoms with E-state index in [2.05, 4.69) is 10.6 Å². The molecule has 0 saturated carbocycles. The van der Waals surface area contributed by atoms with E-state index < -0.39 is 17.8 Å². The highest BCUT2D eigenvalue weighted by Gasteiger charge is 2.30. The number of carbonyl (C=O) groups excluding carboxylic acids is 4. The Kier molecular flexibility index (Phi) is 4.36. The summed E-state index contributed by atoms with van der Waals surface area (Å²) in [6, 6.07) is 12.5. The first-order chi connectivity index (χ1) is 13.9. The molecule has 3 aromatic rings. The van der Waals surface area contributed by atoms with E-state index in [-0.39, 0.29) is 16.3 Å². The van der Waals surface area contributed by atoms with Crippen molar-refractivity contribution < 1.29 is 19.2 Å². The Balaban J connectivity index is 1.71. The van der Waals surface area contributed by atoms with Crippen LogP contribution in [-0.4, -0.2) is 23.6 Å². The summed E-state index contributed by atoms with van der Waals surface area (Å²) in [5.41, 5.74) is 13.0. The summed E-state index contributed by atoms with van der Waals surface area (Å²) in [5.74, 6) is -1.37. The molecule has 9 heteroatoms. The monoisotopic (exact) mass is 406 g/mol. The molecule has 6 N–H and O–H groups in total. The highest BCUT2D eigenvalue weighted by Crippen LogP contribution is 2.39. The molecule has 1 aliphatic rings. The van der Waals surface area contributed by atoms with Crippen molar-refractivity contribution in [2.75, 3.05) is 10.6 Å². The van der Waals surface area contributed by atoms with Gasteiger partial charge in [-0.3, -0.25) is 19.7 Å². The fourth-order valence-corrected chi connectivity index (χ4v) is 4.25. The van der Waals surface area contributed by atoms with Gasteiger partial charge in [0.05, 0.1) is 10.6 Å². The van der Waals surface area contributed by atoms with E-state index in [0.717, 1.165) is 11.3 Å². The summed E-state index contributed by atoms with van der Waals surface area (Å²) in [6.45, 7) is 0. The topological polar surface area (TPSA) is 144 Å². The number of nitrogens with two attached hydrogens (primary N) is 2. The Morgan fingerprint density at radius 3 is 2.21 bits per heavy atom. The summed E-state index contributed by atoms with van der Waals surface area (Å²) in [4.78, 5) is 48.3. The number of thiophene rings is 1. The first-order valence-corrected chi connectivity index (χ1v) is 9.27. The number of amides is 4. The molecule has 2 aromatic carbocycles. The van der Waals surface area contributed by atoms with Crippen LogP contribution in [0.5, 0.6) is 0 Å². The van der Waals surface area contributed by atoms with Crippen LogP contribution >= 0.6 is 11.3 Å². The Morgan fingerprint density at radius 2 is 1.52 bits per heavy atom. The van der Waals surface area contributed by atoms with E-state index in [1.165, 1.54) is 6.07 Å². The Bertz CT molecular complexity index is 1210. The molecule has 0 spiro atoms. The number of ketones is 1. The first kappa shape index (κ1) is 18.4. The molecule has 1 aliphatic carbocycles. The second-order valence-electron chi connectivity index (χ2n) is 6.26. The van der Waals surface area contributed by atoms with Crippen LogP contribution in [0.15, 0.2) is 48.5 Å². The highest BCUT2D eigenvalue weighted by atomic mass is 32.1. The molecular formula is C20H14N4O4S.